The minimum Gasteiger partial charge on any atom is -0.467 e. The fourth-order valence-electron chi connectivity index (χ4n) is 4.10. The number of thioether (sulfide) groups is 1. The number of esters is 5. The van der Waals surface area contributed by atoms with Crippen LogP contribution >= 0.6 is 11.8 Å². The van der Waals surface area contributed by atoms with Gasteiger partial charge in [0.15, 0.2) is 18.3 Å². The van der Waals surface area contributed by atoms with Gasteiger partial charge >= 0.3 is 35.9 Å². The molecular weight excluding hydrogens is 662 g/mol. The summed E-state index contributed by atoms with van der Waals surface area (Å²) in [5.74, 6) is -5.78. The maximum atomic E-state index is 13.4. The van der Waals surface area contributed by atoms with E-state index in [9.17, 15) is 38.4 Å². The molecule has 0 saturated carbocycles. The summed E-state index contributed by atoms with van der Waals surface area (Å²) >= 11 is 0.822. The maximum Gasteiger partial charge on any atom is 0.408 e. The van der Waals surface area contributed by atoms with Gasteiger partial charge in [0.2, 0.25) is 11.8 Å². The molecule has 0 radical (unpaired) electrons. The molecule has 0 spiro atoms. The fourth-order valence-corrected chi connectivity index (χ4v) is 5.34. The lowest BCUT2D eigenvalue weighted by atomic mass is 9.99. The Bertz CT molecular complexity index is 1210. The van der Waals surface area contributed by atoms with E-state index < -0.39 is 108 Å². The molecule has 3 amide bonds. The minimum absolute atomic E-state index is 0.314. The number of amides is 3. The number of hydrogen-bond acceptors (Lipinski definition) is 16. The summed E-state index contributed by atoms with van der Waals surface area (Å²) in [6.45, 7) is 11.4. The van der Waals surface area contributed by atoms with Crippen molar-refractivity contribution < 1.29 is 71.5 Å². The zero-order valence-corrected chi connectivity index (χ0v) is 29.4. The molecule has 3 N–H and O–H groups in total. The minimum atomic E-state index is -1.45. The molecule has 0 aromatic rings. The van der Waals surface area contributed by atoms with Crippen molar-refractivity contribution in [3.8, 4) is 0 Å². The van der Waals surface area contributed by atoms with Gasteiger partial charge in [0.05, 0.1) is 7.11 Å². The second kappa shape index (κ2) is 19.0. The third kappa shape index (κ3) is 14.7. The number of methoxy groups -OCH3 is 1. The first kappa shape index (κ1) is 41.9. The van der Waals surface area contributed by atoms with Crippen LogP contribution < -0.4 is 16.0 Å². The molecule has 1 saturated heterocycles. The Hall–Kier alpha value is -4.13. The highest BCUT2D eigenvalue weighted by Gasteiger charge is 2.52. The number of carbonyl (C=O) groups excluding carboxylic acids is 8. The fraction of sp³-hybridized carbons (Fsp3) is 0.724. The number of ether oxygens (including phenoxy) is 7. The summed E-state index contributed by atoms with van der Waals surface area (Å²) in [5, 5.41) is 7.26. The molecule has 18 nitrogen and oxygen atoms in total. The summed E-state index contributed by atoms with van der Waals surface area (Å²) in [7, 11) is 1.15. The molecule has 0 unspecified atom stereocenters. The molecule has 8 atom stereocenters. The highest BCUT2D eigenvalue weighted by Crippen LogP contribution is 2.34. The largest absolute Gasteiger partial charge is 0.467 e. The van der Waals surface area contributed by atoms with E-state index in [2.05, 4.69) is 20.7 Å². The van der Waals surface area contributed by atoms with Gasteiger partial charge in [-0.25, -0.2) is 9.59 Å². The van der Waals surface area contributed by atoms with Crippen molar-refractivity contribution in [2.24, 2.45) is 0 Å². The second-order valence-electron chi connectivity index (χ2n) is 11.6. The van der Waals surface area contributed by atoms with Crippen molar-refractivity contribution in [3.05, 3.63) is 0 Å². The van der Waals surface area contributed by atoms with Gasteiger partial charge in [-0.05, 0) is 34.6 Å². The lowest BCUT2D eigenvalue weighted by Crippen LogP contribution is -2.62. The standard InChI is InChI=1S/C29H45N3O15S/c1-13(24(37)31-14(2)26(39)41-10)30-25(38)19(32-28(40)47-29(7,8)9)12-48-27-23(45-18(6)36)22(44-17(5)35)21(43-16(4)34)20(46-27)11-42-15(3)33/h13-14,19-23,27H,11-12H2,1-10H3,(H,30,38)(H,31,37)(H,32,40)/t13-,14-,19-,20+,21+,22-,23+,27-/m0/s1. The van der Waals surface area contributed by atoms with Crippen LogP contribution in [0, 0.1) is 0 Å². The van der Waals surface area contributed by atoms with Gasteiger partial charge in [0.25, 0.3) is 0 Å². The van der Waals surface area contributed by atoms with E-state index in [1.165, 1.54) is 13.8 Å². The van der Waals surface area contributed by atoms with Crippen molar-refractivity contribution in [3.63, 3.8) is 0 Å². The van der Waals surface area contributed by atoms with Gasteiger partial charge in [0.1, 0.15) is 41.9 Å². The van der Waals surface area contributed by atoms with Crippen molar-refractivity contribution >= 4 is 59.5 Å². The number of nitrogens with one attached hydrogen (secondary N) is 3. The Morgan fingerprint density at radius 2 is 1.25 bits per heavy atom. The van der Waals surface area contributed by atoms with E-state index in [1.54, 1.807) is 20.8 Å². The molecule has 1 heterocycles. The molecule has 272 valence electrons. The average molecular weight is 708 g/mol. The topological polar surface area (TPSA) is 237 Å². The van der Waals surface area contributed by atoms with Gasteiger partial charge < -0.3 is 49.1 Å². The van der Waals surface area contributed by atoms with Gasteiger partial charge in [-0.15, -0.1) is 11.8 Å². The molecule has 0 aromatic heterocycles. The van der Waals surface area contributed by atoms with Crippen LogP contribution in [0.15, 0.2) is 0 Å². The van der Waals surface area contributed by atoms with E-state index in [4.69, 9.17) is 28.4 Å². The van der Waals surface area contributed by atoms with E-state index in [0.29, 0.717) is 0 Å². The molecule has 48 heavy (non-hydrogen) atoms. The maximum absolute atomic E-state index is 13.4. The van der Waals surface area contributed by atoms with Crippen LogP contribution in [0.5, 0.6) is 0 Å². The number of hydrogen-bond donors (Lipinski definition) is 3. The van der Waals surface area contributed by atoms with Crippen LogP contribution in [0.4, 0.5) is 4.79 Å². The van der Waals surface area contributed by atoms with Gasteiger partial charge in [-0.2, -0.15) is 0 Å². The molecule has 0 aromatic carbocycles. The summed E-state index contributed by atoms with van der Waals surface area (Å²) in [6.07, 6.45) is -6.49. The summed E-state index contributed by atoms with van der Waals surface area (Å²) in [6, 6.07) is -3.62. The smallest absolute Gasteiger partial charge is 0.408 e. The normalized spacial score (nSPS) is 22.3. The van der Waals surface area contributed by atoms with E-state index in [0.717, 1.165) is 46.6 Å². The van der Waals surface area contributed by atoms with Crippen LogP contribution in [0.25, 0.3) is 0 Å². The van der Waals surface area contributed by atoms with Crippen LogP contribution in [-0.2, 0) is 66.7 Å². The summed E-state index contributed by atoms with van der Waals surface area (Å²) in [4.78, 5) is 98.3. The van der Waals surface area contributed by atoms with E-state index >= 15 is 0 Å². The lowest BCUT2D eigenvalue weighted by molar-refractivity contribution is -0.237. The first-order chi connectivity index (χ1) is 22.1. The number of carbonyl (C=O) groups is 8. The Labute approximate surface area is 282 Å². The highest BCUT2D eigenvalue weighted by molar-refractivity contribution is 7.99. The molecule has 1 fully saturated rings. The number of rotatable bonds is 14. The Morgan fingerprint density at radius 3 is 1.75 bits per heavy atom. The molecule has 1 rings (SSSR count). The monoisotopic (exact) mass is 707 g/mol. The average Bonchev–Trinajstić information content (AvgIpc) is 2.94. The van der Waals surface area contributed by atoms with E-state index in [1.807, 2.05) is 0 Å². The third-order valence-electron chi connectivity index (χ3n) is 6.05. The summed E-state index contributed by atoms with van der Waals surface area (Å²) < 4.78 is 37.2. The van der Waals surface area contributed by atoms with E-state index in [-0.39, 0.29) is 5.75 Å². The van der Waals surface area contributed by atoms with Gasteiger partial charge in [-0.3, -0.25) is 28.8 Å². The zero-order chi connectivity index (χ0) is 36.9. The zero-order valence-electron chi connectivity index (χ0n) is 28.6. The first-order valence-corrected chi connectivity index (χ1v) is 15.8. The Kier molecular flexibility index (Phi) is 16.6. The van der Waals surface area contributed by atoms with Crippen LogP contribution in [0.2, 0.25) is 0 Å². The molecule has 19 heteroatoms. The lowest BCUT2D eigenvalue weighted by Gasteiger charge is -2.44. The highest BCUT2D eigenvalue weighted by atomic mass is 32.2. The summed E-state index contributed by atoms with van der Waals surface area (Å²) in [5.41, 5.74) is -2.21. The van der Waals surface area contributed by atoms with Crippen molar-refractivity contribution in [2.75, 3.05) is 19.5 Å². The quantitative estimate of drug-likeness (QED) is 0.158. The van der Waals surface area contributed by atoms with Crippen molar-refractivity contribution in [1.29, 1.82) is 0 Å². The molecule has 0 bridgehead atoms. The SMILES string of the molecule is COC(=O)[C@H](C)NC(=O)[C@H](C)NC(=O)[C@H](CS[C@@H]1O[C@H](COC(C)=O)[C@@H](OC(C)=O)[C@H](OC(C)=O)[C@H]1OC(C)=O)NC(=O)OC(C)(C)C. The molecular formula is C29H45N3O15S. The third-order valence-corrected chi connectivity index (χ3v) is 7.28. The molecule has 1 aliphatic heterocycles. The molecule has 1 aliphatic rings. The van der Waals surface area contributed by atoms with Crippen LogP contribution in [0.3, 0.4) is 0 Å². The van der Waals surface area contributed by atoms with Crippen LogP contribution in [-0.4, -0.2) is 121 Å². The Balaban J connectivity index is 3.42. The second-order valence-corrected chi connectivity index (χ2v) is 12.7. The van der Waals surface area contributed by atoms with Crippen molar-refractivity contribution in [2.45, 2.75) is 116 Å². The number of alkyl carbamates (subject to hydrolysis) is 1. The first-order valence-electron chi connectivity index (χ1n) is 14.7. The van der Waals surface area contributed by atoms with Crippen LogP contribution in [0.1, 0.15) is 62.3 Å². The van der Waals surface area contributed by atoms with Crippen molar-refractivity contribution in [1.82, 2.24) is 16.0 Å². The Morgan fingerprint density at radius 1 is 0.729 bits per heavy atom. The predicted octanol–water partition coefficient (Wildman–Crippen LogP) is -0.122. The van der Waals surface area contributed by atoms with Gasteiger partial charge in [-0.1, -0.05) is 0 Å². The van der Waals surface area contributed by atoms with Gasteiger partial charge in [0, 0.05) is 33.4 Å². The predicted molar refractivity (Wildman–Crippen MR) is 165 cm³/mol. The molecule has 0 aliphatic carbocycles.